The maximum absolute atomic E-state index is 12.0. The van der Waals surface area contributed by atoms with Crippen LogP contribution in [0, 0.1) is 0 Å². The van der Waals surface area contributed by atoms with Crippen molar-refractivity contribution in [3.63, 3.8) is 0 Å². The summed E-state index contributed by atoms with van der Waals surface area (Å²) in [6, 6.07) is 0.424. The Morgan fingerprint density at radius 1 is 1.39 bits per heavy atom. The number of hydrogen-bond donors (Lipinski definition) is 1. The number of amides is 1. The molecule has 0 aromatic rings. The number of nitrogens with one attached hydrogen (secondary N) is 1. The van der Waals surface area contributed by atoms with E-state index < -0.39 is 0 Å². The second kappa shape index (κ2) is 6.04. The summed E-state index contributed by atoms with van der Waals surface area (Å²) in [5.74, 6) is 0.174. The van der Waals surface area contributed by atoms with E-state index in [1.807, 2.05) is 6.92 Å². The lowest BCUT2D eigenvalue weighted by Crippen LogP contribution is -2.54. The van der Waals surface area contributed by atoms with E-state index in [0.29, 0.717) is 11.1 Å². The first-order valence-corrected chi connectivity index (χ1v) is 7.04. The summed E-state index contributed by atoms with van der Waals surface area (Å²) in [7, 11) is 0. The molecule has 0 bridgehead atoms. The maximum Gasteiger partial charge on any atom is 0.237 e. The zero-order valence-electron chi connectivity index (χ0n) is 11.0. The number of carbonyl (C=O) groups is 1. The fourth-order valence-electron chi connectivity index (χ4n) is 2.27. The van der Waals surface area contributed by atoms with Crippen molar-refractivity contribution in [1.29, 1.82) is 0 Å². The van der Waals surface area contributed by atoms with Gasteiger partial charge in [0.1, 0.15) is 0 Å². The van der Waals surface area contributed by atoms with E-state index in [1.54, 1.807) is 0 Å². The van der Waals surface area contributed by atoms with Gasteiger partial charge in [-0.3, -0.25) is 14.6 Å². The zero-order chi connectivity index (χ0) is 13.1. The first-order chi connectivity index (χ1) is 8.56. The number of piperazine rings is 1. The van der Waals surface area contributed by atoms with Gasteiger partial charge in [-0.25, -0.2) is 0 Å². The molecule has 18 heavy (non-hydrogen) atoms. The highest BCUT2D eigenvalue weighted by Crippen LogP contribution is 2.19. The number of hydrogen-bond acceptors (Lipinski definition) is 3. The summed E-state index contributed by atoms with van der Waals surface area (Å²) in [4.78, 5) is 16.5. The van der Waals surface area contributed by atoms with E-state index in [1.165, 1.54) is 0 Å². The monoisotopic (exact) mass is 271 g/mol. The van der Waals surface area contributed by atoms with Crippen LogP contribution in [0.25, 0.3) is 0 Å². The highest BCUT2D eigenvalue weighted by atomic mass is 35.5. The van der Waals surface area contributed by atoms with Gasteiger partial charge in [0, 0.05) is 43.8 Å². The van der Waals surface area contributed by atoms with Gasteiger partial charge in [0.2, 0.25) is 5.91 Å². The SMILES string of the molecule is C=C(Cl)CN1CCN(C(C)C(=O)NC2CC2)CC1. The Balaban J connectivity index is 1.74. The molecule has 1 saturated heterocycles. The van der Waals surface area contributed by atoms with Gasteiger partial charge in [-0.15, -0.1) is 0 Å². The van der Waals surface area contributed by atoms with Crippen LogP contribution in [0.2, 0.25) is 0 Å². The van der Waals surface area contributed by atoms with Crippen molar-refractivity contribution < 1.29 is 4.79 Å². The quantitative estimate of drug-likeness (QED) is 0.811. The first kappa shape index (κ1) is 13.8. The summed E-state index contributed by atoms with van der Waals surface area (Å²) >= 11 is 5.81. The normalized spacial score (nSPS) is 23.7. The molecule has 0 spiro atoms. The van der Waals surface area contributed by atoms with Crippen LogP contribution in [0.1, 0.15) is 19.8 Å². The van der Waals surface area contributed by atoms with Crippen LogP contribution in [0.15, 0.2) is 11.6 Å². The lowest BCUT2D eigenvalue weighted by molar-refractivity contribution is -0.126. The molecule has 1 aliphatic heterocycles. The van der Waals surface area contributed by atoms with Crippen LogP contribution >= 0.6 is 11.6 Å². The number of nitrogens with zero attached hydrogens (tertiary/aromatic N) is 2. The van der Waals surface area contributed by atoms with Crippen molar-refractivity contribution in [3.8, 4) is 0 Å². The Bertz CT molecular complexity index is 322. The van der Waals surface area contributed by atoms with Crippen LogP contribution < -0.4 is 5.32 Å². The summed E-state index contributed by atoms with van der Waals surface area (Å²) in [6.45, 7) is 10.2. The van der Waals surface area contributed by atoms with Crippen molar-refractivity contribution in [3.05, 3.63) is 11.6 Å². The molecule has 1 amide bonds. The molecule has 0 aromatic carbocycles. The maximum atomic E-state index is 12.0. The van der Waals surface area contributed by atoms with Crippen LogP contribution in [-0.2, 0) is 4.79 Å². The summed E-state index contributed by atoms with van der Waals surface area (Å²) in [6.07, 6.45) is 2.29. The molecule has 1 heterocycles. The van der Waals surface area contributed by atoms with Gasteiger partial charge in [0.25, 0.3) is 0 Å². The number of halogens is 1. The Morgan fingerprint density at radius 2 is 2.00 bits per heavy atom. The van der Waals surface area contributed by atoms with Crippen molar-refractivity contribution in [2.75, 3.05) is 32.7 Å². The number of carbonyl (C=O) groups excluding carboxylic acids is 1. The third-order valence-electron chi connectivity index (χ3n) is 3.65. The van der Waals surface area contributed by atoms with Crippen molar-refractivity contribution in [2.45, 2.75) is 31.8 Å². The van der Waals surface area contributed by atoms with Gasteiger partial charge in [-0.2, -0.15) is 0 Å². The van der Waals surface area contributed by atoms with Gasteiger partial charge >= 0.3 is 0 Å². The number of rotatable bonds is 5. The summed E-state index contributed by atoms with van der Waals surface area (Å²) in [5, 5.41) is 3.75. The van der Waals surface area contributed by atoms with Gasteiger partial charge in [0.15, 0.2) is 0 Å². The van der Waals surface area contributed by atoms with Crippen molar-refractivity contribution in [2.24, 2.45) is 0 Å². The second-order valence-electron chi connectivity index (χ2n) is 5.29. The van der Waals surface area contributed by atoms with Crippen LogP contribution in [-0.4, -0.2) is 60.5 Å². The molecule has 1 saturated carbocycles. The molecule has 4 nitrogen and oxygen atoms in total. The minimum Gasteiger partial charge on any atom is -0.352 e. The van der Waals surface area contributed by atoms with E-state index in [2.05, 4.69) is 21.7 Å². The molecular weight excluding hydrogens is 250 g/mol. The minimum atomic E-state index is -0.0213. The minimum absolute atomic E-state index is 0.0213. The van der Waals surface area contributed by atoms with Crippen LogP contribution in [0.5, 0.6) is 0 Å². The third kappa shape index (κ3) is 3.97. The molecule has 1 aliphatic carbocycles. The van der Waals surface area contributed by atoms with E-state index in [9.17, 15) is 4.79 Å². The van der Waals surface area contributed by atoms with Crippen LogP contribution in [0.4, 0.5) is 0 Å². The smallest absolute Gasteiger partial charge is 0.237 e. The summed E-state index contributed by atoms with van der Waals surface area (Å²) < 4.78 is 0. The molecule has 0 radical (unpaired) electrons. The molecule has 2 rings (SSSR count). The van der Waals surface area contributed by atoms with Crippen molar-refractivity contribution in [1.82, 2.24) is 15.1 Å². The Labute approximate surface area is 114 Å². The lowest BCUT2D eigenvalue weighted by atomic mass is 10.2. The van der Waals surface area contributed by atoms with Gasteiger partial charge in [-0.1, -0.05) is 18.2 Å². The summed E-state index contributed by atoms with van der Waals surface area (Å²) in [5.41, 5.74) is 0. The predicted molar refractivity (Wildman–Crippen MR) is 73.6 cm³/mol. The molecule has 2 aliphatic rings. The molecule has 0 aromatic heterocycles. The topological polar surface area (TPSA) is 35.6 Å². The molecule has 1 N–H and O–H groups in total. The second-order valence-corrected chi connectivity index (χ2v) is 5.82. The molecular formula is C13H22ClN3O. The largest absolute Gasteiger partial charge is 0.352 e. The van der Waals surface area contributed by atoms with Gasteiger partial charge < -0.3 is 5.32 Å². The van der Waals surface area contributed by atoms with Gasteiger partial charge in [-0.05, 0) is 19.8 Å². The fourth-order valence-corrected chi connectivity index (χ4v) is 2.44. The van der Waals surface area contributed by atoms with E-state index >= 15 is 0 Å². The third-order valence-corrected chi connectivity index (χ3v) is 3.77. The fraction of sp³-hybridized carbons (Fsp3) is 0.769. The lowest BCUT2D eigenvalue weighted by Gasteiger charge is -2.37. The molecule has 1 atom stereocenters. The van der Waals surface area contributed by atoms with Crippen LogP contribution in [0.3, 0.4) is 0 Å². The Morgan fingerprint density at radius 3 is 2.50 bits per heavy atom. The Kier molecular flexibility index (Phi) is 4.65. The van der Waals surface area contributed by atoms with E-state index in [0.717, 1.165) is 45.6 Å². The highest BCUT2D eigenvalue weighted by Gasteiger charge is 2.29. The Hall–Kier alpha value is -0.580. The molecule has 1 unspecified atom stereocenters. The predicted octanol–water partition coefficient (Wildman–Crippen LogP) is 1.02. The van der Waals surface area contributed by atoms with E-state index in [-0.39, 0.29) is 11.9 Å². The molecule has 2 fully saturated rings. The molecule has 102 valence electrons. The average Bonchev–Trinajstić information content (AvgIpc) is 3.12. The first-order valence-electron chi connectivity index (χ1n) is 6.66. The van der Waals surface area contributed by atoms with E-state index in [4.69, 9.17) is 11.6 Å². The standard InChI is InChI=1S/C13H22ClN3O/c1-10(14)9-16-5-7-17(8-6-16)11(2)13(18)15-12-3-4-12/h11-12H,1,3-9H2,2H3,(H,15,18). The molecule has 5 heteroatoms. The van der Waals surface area contributed by atoms with Crippen molar-refractivity contribution >= 4 is 17.5 Å². The average molecular weight is 272 g/mol. The van der Waals surface area contributed by atoms with Gasteiger partial charge in [0.05, 0.1) is 6.04 Å². The zero-order valence-corrected chi connectivity index (χ0v) is 11.7. The highest BCUT2D eigenvalue weighted by molar-refractivity contribution is 6.29.